The lowest BCUT2D eigenvalue weighted by Gasteiger charge is -2.15. The summed E-state index contributed by atoms with van der Waals surface area (Å²) in [5.74, 6) is 0. The molecule has 0 saturated heterocycles. The Morgan fingerprint density at radius 1 is 1.43 bits per heavy atom. The van der Waals surface area contributed by atoms with Crippen LogP contribution in [0.15, 0.2) is 24.3 Å². The van der Waals surface area contributed by atoms with Crippen LogP contribution in [0.4, 0.5) is 0 Å². The molecular weight excluding hydrogens is 196 g/mol. The molecule has 0 aliphatic heterocycles. The molecule has 0 bridgehead atoms. The summed E-state index contributed by atoms with van der Waals surface area (Å²) < 4.78 is 0. The van der Waals surface area contributed by atoms with Crippen LogP contribution in [0.1, 0.15) is 18.0 Å². The summed E-state index contributed by atoms with van der Waals surface area (Å²) in [5.41, 5.74) is 7.14. The maximum absolute atomic E-state index is 6.03. The third-order valence-electron chi connectivity index (χ3n) is 2.16. The Kier molecular flexibility index (Phi) is 4.39. The third kappa shape index (κ3) is 3.66. The van der Waals surface area contributed by atoms with Gasteiger partial charge in [-0.25, -0.2) is 0 Å². The Labute approximate surface area is 90.7 Å². The lowest BCUT2D eigenvalue weighted by atomic mass is 10.0. The molecule has 1 aromatic rings. The predicted octanol–water partition coefficient (Wildman–Crippen LogP) is 2.29. The first-order chi connectivity index (χ1) is 6.59. The van der Waals surface area contributed by atoms with Gasteiger partial charge in [0.1, 0.15) is 0 Å². The molecular formula is C11H17ClN2. The van der Waals surface area contributed by atoms with Crippen LogP contribution in [-0.4, -0.2) is 25.5 Å². The normalized spacial score (nSPS) is 13.2. The SMILES string of the molecule is CN(C)CCC(N)c1cccc(Cl)c1. The second-order valence-electron chi connectivity index (χ2n) is 3.75. The highest BCUT2D eigenvalue weighted by Crippen LogP contribution is 2.18. The van der Waals surface area contributed by atoms with Crippen LogP contribution in [0.25, 0.3) is 0 Å². The van der Waals surface area contributed by atoms with Crippen molar-refractivity contribution in [1.29, 1.82) is 0 Å². The standard InChI is InChI=1S/C11H17ClN2/c1-14(2)7-6-11(13)9-4-3-5-10(12)8-9/h3-5,8,11H,6-7,13H2,1-2H3. The van der Waals surface area contributed by atoms with E-state index in [1.165, 1.54) is 0 Å². The molecule has 1 atom stereocenters. The van der Waals surface area contributed by atoms with Crippen molar-refractivity contribution in [2.45, 2.75) is 12.5 Å². The number of halogens is 1. The number of hydrogen-bond donors (Lipinski definition) is 1. The molecule has 0 saturated carbocycles. The van der Waals surface area contributed by atoms with Gasteiger partial charge >= 0.3 is 0 Å². The molecule has 0 heterocycles. The third-order valence-corrected chi connectivity index (χ3v) is 2.40. The van der Waals surface area contributed by atoms with Gasteiger partial charge in [0.15, 0.2) is 0 Å². The Hall–Kier alpha value is -0.570. The van der Waals surface area contributed by atoms with Gasteiger partial charge in [-0.3, -0.25) is 0 Å². The van der Waals surface area contributed by atoms with Crippen LogP contribution in [0, 0.1) is 0 Å². The minimum Gasteiger partial charge on any atom is -0.324 e. The summed E-state index contributed by atoms with van der Waals surface area (Å²) in [5, 5.41) is 0.753. The molecule has 0 spiro atoms. The fraction of sp³-hybridized carbons (Fsp3) is 0.455. The summed E-state index contributed by atoms with van der Waals surface area (Å²) in [6, 6.07) is 7.83. The molecule has 1 unspecified atom stereocenters. The highest BCUT2D eigenvalue weighted by molar-refractivity contribution is 6.30. The number of nitrogens with two attached hydrogens (primary N) is 1. The molecule has 0 amide bonds. The van der Waals surface area contributed by atoms with Crippen molar-refractivity contribution in [2.75, 3.05) is 20.6 Å². The first-order valence-corrected chi connectivity index (χ1v) is 5.13. The first kappa shape index (κ1) is 11.5. The van der Waals surface area contributed by atoms with E-state index in [0.717, 1.165) is 23.6 Å². The first-order valence-electron chi connectivity index (χ1n) is 4.75. The van der Waals surface area contributed by atoms with Crippen LogP contribution in [0.3, 0.4) is 0 Å². The molecule has 2 nitrogen and oxygen atoms in total. The molecule has 0 aliphatic carbocycles. The molecule has 0 fully saturated rings. The maximum Gasteiger partial charge on any atom is 0.0409 e. The fourth-order valence-corrected chi connectivity index (χ4v) is 1.50. The van der Waals surface area contributed by atoms with Gasteiger partial charge in [-0.1, -0.05) is 23.7 Å². The summed E-state index contributed by atoms with van der Waals surface area (Å²) in [7, 11) is 4.09. The molecule has 0 aliphatic rings. The molecule has 78 valence electrons. The molecule has 14 heavy (non-hydrogen) atoms. The van der Waals surface area contributed by atoms with Crippen molar-refractivity contribution in [2.24, 2.45) is 5.73 Å². The second-order valence-corrected chi connectivity index (χ2v) is 4.19. The Balaban J connectivity index is 2.56. The number of rotatable bonds is 4. The largest absolute Gasteiger partial charge is 0.324 e. The van der Waals surface area contributed by atoms with Crippen LogP contribution in [0.2, 0.25) is 5.02 Å². The molecule has 0 aromatic heterocycles. The molecule has 0 radical (unpaired) electrons. The molecule has 3 heteroatoms. The number of nitrogens with zero attached hydrogens (tertiary/aromatic N) is 1. The van der Waals surface area contributed by atoms with Crippen LogP contribution in [0.5, 0.6) is 0 Å². The van der Waals surface area contributed by atoms with Crippen molar-refractivity contribution in [3.63, 3.8) is 0 Å². The van der Waals surface area contributed by atoms with Crippen molar-refractivity contribution in [3.05, 3.63) is 34.9 Å². The van der Waals surface area contributed by atoms with E-state index < -0.39 is 0 Å². The second kappa shape index (κ2) is 5.35. The van der Waals surface area contributed by atoms with Gasteiger partial charge < -0.3 is 10.6 Å². The van der Waals surface area contributed by atoms with E-state index in [2.05, 4.69) is 4.90 Å². The smallest absolute Gasteiger partial charge is 0.0409 e. The van der Waals surface area contributed by atoms with Gasteiger partial charge in [0.2, 0.25) is 0 Å². The van der Waals surface area contributed by atoms with E-state index in [1.807, 2.05) is 38.4 Å². The van der Waals surface area contributed by atoms with Gasteiger partial charge in [0.05, 0.1) is 0 Å². The zero-order valence-corrected chi connectivity index (χ0v) is 9.46. The van der Waals surface area contributed by atoms with Crippen molar-refractivity contribution in [3.8, 4) is 0 Å². The van der Waals surface area contributed by atoms with Crippen molar-refractivity contribution >= 4 is 11.6 Å². The van der Waals surface area contributed by atoms with Gasteiger partial charge in [-0.15, -0.1) is 0 Å². The Morgan fingerprint density at radius 2 is 2.14 bits per heavy atom. The summed E-state index contributed by atoms with van der Waals surface area (Å²) in [6.07, 6.45) is 0.952. The minimum absolute atomic E-state index is 0.0797. The van der Waals surface area contributed by atoms with E-state index in [-0.39, 0.29) is 6.04 Å². The highest BCUT2D eigenvalue weighted by Gasteiger charge is 2.06. The fourth-order valence-electron chi connectivity index (χ4n) is 1.30. The van der Waals surface area contributed by atoms with Gasteiger partial charge in [0, 0.05) is 11.1 Å². The Morgan fingerprint density at radius 3 is 2.71 bits per heavy atom. The van der Waals surface area contributed by atoms with Gasteiger partial charge in [0.25, 0.3) is 0 Å². The zero-order chi connectivity index (χ0) is 10.6. The van der Waals surface area contributed by atoms with Gasteiger partial charge in [-0.2, -0.15) is 0 Å². The molecule has 1 aromatic carbocycles. The van der Waals surface area contributed by atoms with Crippen molar-refractivity contribution < 1.29 is 0 Å². The lowest BCUT2D eigenvalue weighted by molar-refractivity contribution is 0.382. The number of hydrogen-bond acceptors (Lipinski definition) is 2. The predicted molar refractivity (Wildman–Crippen MR) is 61.6 cm³/mol. The summed E-state index contributed by atoms with van der Waals surface area (Å²) in [6.45, 7) is 0.994. The quantitative estimate of drug-likeness (QED) is 0.830. The van der Waals surface area contributed by atoms with E-state index in [9.17, 15) is 0 Å². The Bertz CT molecular complexity index is 286. The van der Waals surface area contributed by atoms with Crippen LogP contribution < -0.4 is 5.73 Å². The summed E-state index contributed by atoms with van der Waals surface area (Å²) >= 11 is 5.89. The van der Waals surface area contributed by atoms with E-state index in [1.54, 1.807) is 0 Å². The lowest BCUT2D eigenvalue weighted by Crippen LogP contribution is -2.20. The molecule has 2 N–H and O–H groups in total. The highest BCUT2D eigenvalue weighted by atomic mass is 35.5. The topological polar surface area (TPSA) is 29.3 Å². The van der Waals surface area contributed by atoms with Gasteiger partial charge in [-0.05, 0) is 44.8 Å². The average molecular weight is 213 g/mol. The summed E-state index contributed by atoms with van der Waals surface area (Å²) in [4.78, 5) is 2.13. The maximum atomic E-state index is 6.03. The van der Waals surface area contributed by atoms with Crippen LogP contribution >= 0.6 is 11.6 Å². The molecule has 1 rings (SSSR count). The van der Waals surface area contributed by atoms with E-state index >= 15 is 0 Å². The minimum atomic E-state index is 0.0797. The average Bonchev–Trinajstić information content (AvgIpc) is 2.14. The van der Waals surface area contributed by atoms with Crippen molar-refractivity contribution in [1.82, 2.24) is 4.90 Å². The van der Waals surface area contributed by atoms with E-state index in [0.29, 0.717) is 0 Å². The van der Waals surface area contributed by atoms with E-state index in [4.69, 9.17) is 17.3 Å². The monoisotopic (exact) mass is 212 g/mol. The van der Waals surface area contributed by atoms with Crippen LogP contribution in [-0.2, 0) is 0 Å². The zero-order valence-electron chi connectivity index (χ0n) is 8.70. The number of benzene rings is 1.